The van der Waals surface area contributed by atoms with Crippen molar-refractivity contribution in [3.8, 4) is 22.5 Å². The van der Waals surface area contributed by atoms with E-state index in [9.17, 15) is 10.2 Å². The smallest absolute Gasteiger partial charge is 0.181 e. The van der Waals surface area contributed by atoms with E-state index in [0.717, 1.165) is 96.1 Å². The lowest BCUT2D eigenvalue weighted by Crippen LogP contribution is -2.37. The quantitative estimate of drug-likeness (QED) is 0.249. The van der Waals surface area contributed by atoms with Crippen molar-refractivity contribution in [2.75, 3.05) is 88.8 Å². The summed E-state index contributed by atoms with van der Waals surface area (Å²) in [5.74, 6) is 0.881. The van der Waals surface area contributed by atoms with Crippen LogP contribution in [0, 0.1) is 13.8 Å². The highest BCUT2D eigenvalue weighted by Crippen LogP contribution is 2.35. The lowest BCUT2D eigenvalue weighted by atomic mass is 9.90. The zero-order valence-corrected chi connectivity index (χ0v) is 33.1. The summed E-state index contributed by atoms with van der Waals surface area (Å²) in [5, 5.41) is 26.3. The second kappa shape index (κ2) is 16.3. The first-order valence-electron chi connectivity index (χ1n) is 20.2. The summed E-state index contributed by atoms with van der Waals surface area (Å²) >= 11 is 0. The number of imidazole rings is 2. The van der Waals surface area contributed by atoms with Crippen LogP contribution in [-0.2, 0) is 30.1 Å². The average Bonchev–Trinajstić information content (AvgIpc) is 3.80. The molecule has 16 heteroatoms. The van der Waals surface area contributed by atoms with Gasteiger partial charge in [-0.3, -0.25) is 14.4 Å². The van der Waals surface area contributed by atoms with Crippen molar-refractivity contribution >= 4 is 22.8 Å². The number of morpholine rings is 2. The Morgan fingerprint density at radius 3 is 1.66 bits per heavy atom. The molecule has 0 saturated carbocycles. The standard InChI is InChI=1S/2C21H25N5O3/c1-15-18(16-2-3-17(23-14-16)21(27)4-10-28-11-5-21)26-7-6-22-19(20(26)24-15)25-8-12-29-13-9-25;1-15-19(16-2-3-18(22-14-16)21(27)5-10-28-11-6-21)26-20(24-15)17(4-7-23-26)25-8-12-29-13-9-25/h2-3,6-7,14,27H,4-5,8-13H2,1H3;2-4,7,14,27H,5-6,8-13H2,1H3. The van der Waals surface area contributed by atoms with Crippen LogP contribution < -0.4 is 9.80 Å². The number of hydrogen-bond donors (Lipinski definition) is 2. The number of aromatic nitrogens is 8. The van der Waals surface area contributed by atoms with E-state index < -0.39 is 11.2 Å². The van der Waals surface area contributed by atoms with Gasteiger partial charge in [-0.05, 0) is 44.2 Å². The summed E-state index contributed by atoms with van der Waals surface area (Å²) in [7, 11) is 0. The predicted octanol–water partition coefficient (Wildman–Crippen LogP) is 3.87. The number of ether oxygens (including phenoxy) is 4. The van der Waals surface area contributed by atoms with Gasteiger partial charge in [0.15, 0.2) is 17.1 Å². The number of aryl methyl sites for hydroxylation is 2. The SMILES string of the molecule is Cc1nc2c(N3CCOCC3)ccnn2c1-c1ccc(C2(O)CCOCC2)nc1.Cc1nc2c(N3CCOCC3)nccn2c1-c1ccc(C2(O)CCOCC2)nc1. The number of nitrogens with zero attached hydrogens (tertiary/aromatic N) is 10. The molecule has 0 spiro atoms. The van der Waals surface area contributed by atoms with Crippen LogP contribution in [0.5, 0.6) is 0 Å². The Kier molecular flexibility index (Phi) is 10.8. The number of pyridine rings is 2. The minimum absolute atomic E-state index is 0.556. The summed E-state index contributed by atoms with van der Waals surface area (Å²) in [4.78, 5) is 27.9. The molecule has 0 atom stereocenters. The van der Waals surface area contributed by atoms with Gasteiger partial charge in [-0.1, -0.05) is 0 Å². The van der Waals surface area contributed by atoms with Crippen molar-refractivity contribution in [1.82, 2.24) is 38.9 Å². The van der Waals surface area contributed by atoms with Gasteiger partial charge in [0.1, 0.15) is 11.2 Å². The summed E-state index contributed by atoms with van der Waals surface area (Å²) < 4.78 is 25.7. The molecular weight excluding hydrogens is 741 g/mol. The monoisotopic (exact) mass is 790 g/mol. The van der Waals surface area contributed by atoms with Gasteiger partial charge in [0.05, 0.1) is 72.5 Å². The van der Waals surface area contributed by atoms with Crippen molar-refractivity contribution in [3.05, 3.63) is 84.1 Å². The summed E-state index contributed by atoms with van der Waals surface area (Å²) in [6.07, 6.45) is 11.5. The highest BCUT2D eigenvalue weighted by atomic mass is 16.5. The molecule has 0 radical (unpaired) electrons. The molecule has 16 nitrogen and oxygen atoms in total. The fourth-order valence-corrected chi connectivity index (χ4v) is 8.40. The van der Waals surface area contributed by atoms with Crippen LogP contribution in [0.25, 0.3) is 33.8 Å². The summed E-state index contributed by atoms with van der Waals surface area (Å²) in [5.41, 5.74) is 7.97. The molecule has 58 heavy (non-hydrogen) atoms. The summed E-state index contributed by atoms with van der Waals surface area (Å²) in [6.45, 7) is 12.4. The van der Waals surface area contributed by atoms with Crippen LogP contribution >= 0.6 is 0 Å². The largest absolute Gasteiger partial charge is 0.383 e. The molecule has 0 bridgehead atoms. The Morgan fingerprint density at radius 1 is 0.569 bits per heavy atom. The van der Waals surface area contributed by atoms with Crippen LogP contribution in [0.1, 0.15) is 48.5 Å². The third kappa shape index (κ3) is 7.40. The normalized spacial score (nSPS) is 19.6. The number of hydrogen-bond acceptors (Lipinski definition) is 14. The van der Waals surface area contributed by atoms with E-state index in [4.69, 9.17) is 28.9 Å². The first kappa shape index (κ1) is 38.4. The molecule has 0 amide bonds. The van der Waals surface area contributed by atoms with Gasteiger partial charge in [0.2, 0.25) is 0 Å². The lowest BCUT2D eigenvalue weighted by molar-refractivity contribution is -0.0709. The first-order chi connectivity index (χ1) is 28.3. The van der Waals surface area contributed by atoms with Crippen LogP contribution in [0.4, 0.5) is 11.5 Å². The van der Waals surface area contributed by atoms with Crippen molar-refractivity contribution in [3.63, 3.8) is 0 Å². The van der Waals surface area contributed by atoms with E-state index >= 15 is 0 Å². The molecule has 4 aliphatic rings. The van der Waals surface area contributed by atoms with E-state index in [1.165, 1.54) is 0 Å². The third-order valence-corrected chi connectivity index (χ3v) is 11.7. The van der Waals surface area contributed by atoms with Gasteiger partial charge in [0.25, 0.3) is 0 Å². The van der Waals surface area contributed by atoms with Crippen LogP contribution in [0.2, 0.25) is 0 Å². The van der Waals surface area contributed by atoms with Gasteiger partial charge in [0, 0.05) is 114 Å². The Hall–Kier alpha value is -5.10. The molecule has 10 heterocycles. The average molecular weight is 791 g/mol. The van der Waals surface area contributed by atoms with Gasteiger partial charge >= 0.3 is 0 Å². The highest BCUT2D eigenvalue weighted by molar-refractivity contribution is 5.75. The van der Waals surface area contributed by atoms with Gasteiger partial charge in [-0.25, -0.2) is 19.5 Å². The molecule has 0 unspecified atom stereocenters. The van der Waals surface area contributed by atoms with Crippen molar-refractivity contribution in [2.24, 2.45) is 0 Å². The zero-order valence-electron chi connectivity index (χ0n) is 33.1. The fourth-order valence-electron chi connectivity index (χ4n) is 8.40. The number of anilines is 2. The molecule has 2 N–H and O–H groups in total. The van der Waals surface area contributed by atoms with Crippen molar-refractivity contribution in [2.45, 2.75) is 50.7 Å². The van der Waals surface area contributed by atoms with Gasteiger partial charge in [-0.15, -0.1) is 0 Å². The minimum Gasteiger partial charge on any atom is -0.383 e. The van der Waals surface area contributed by atoms with Gasteiger partial charge < -0.3 is 39.0 Å². The van der Waals surface area contributed by atoms with Crippen molar-refractivity contribution in [1.29, 1.82) is 0 Å². The lowest BCUT2D eigenvalue weighted by Gasteiger charge is -2.31. The third-order valence-electron chi connectivity index (χ3n) is 11.7. The Labute approximate surface area is 336 Å². The molecule has 0 aliphatic carbocycles. The molecule has 4 aliphatic heterocycles. The number of aliphatic hydroxyl groups is 2. The topological polar surface area (TPSA) is 170 Å². The summed E-state index contributed by atoms with van der Waals surface area (Å²) in [6, 6.07) is 9.85. The maximum Gasteiger partial charge on any atom is 0.181 e. The van der Waals surface area contributed by atoms with E-state index in [-0.39, 0.29) is 0 Å². The second-order valence-corrected chi connectivity index (χ2v) is 15.3. The maximum absolute atomic E-state index is 10.9. The molecule has 4 saturated heterocycles. The van der Waals surface area contributed by atoms with Crippen LogP contribution in [-0.4, -0.2) is 128 Å². The Balaban J connectivity index is 0.000000150. The number of fused-ring (bicyclic) bond motifs is 2. The molecule has 304 valence electrons. The molecule has 10 rings (SSSR count). The molecule has 0 aromatic carbocycles. The molecule has 4 fully saturated rings. The number of rotatable bonds is 6. The Bertz CT molecular complexity index is 2180. The minimum atomic E-state index is -0.910. The predicted molar refractivity (Wildman–Crippen MR) is 216 cm³/mol. The Morgan fingerprint density at radius 2 is 1.09 bits per heavy atom. The zero-order chi connectivity index (χ0) is 39.7. The highest BCUT2D eigenvalue weighted by Gasteiger charge is 2.34. The molecule has 6 aromatic heterocycles. The first-order valence-corrected chi connectivity index (χ1v) is 20.2. The van der Waals surface area contributed by atoms with Gasteiger partial charge in [-0.2, -0.15) is 5.10 Å². The fraction of sp³-hybridized carbons (Fsp3) is 0.476. The van der Waals surface area contributed by atoms with Crippen LogP contribution in [0.15, 0.2) is 61.3 Å². The van der Waals surface area contributed by atoms with E-state index in [1.807, 2.05) is 79.7 Å². The van der Waals surface area contributed by atoms with Crippen LogP contribution in [0.3, 0.4) is 0 Å². The second-order valence-electron chi connectivity index (χ2n) is 15.3. The van der Waals surface area contributed by atoms with Crippen molar-refractivity contribution < 1.29 is 29.2 Å². The van der Waals surface area contributed by atoms with E-state index in [2.05, 4.69) is 34.3 Å². The van der Waals surface area contributed by atoms with E-state index in [1.54, 1.807) is 0 Å². The van der Waals surface area contributed by atoms with E-state index in [0.29, 0.717) is 76.7 Å². The maximum atomic E-state index is 10.9. The molecule has 6 aromatic rings. The molecular formula is C42H50N10O6.